The van der Waals surface area contributed by atoms with Gasteiger partial charge in [-0.15, -0.1) is 6.42 Å². The van der Waals surface area contributed by atoms with Gasteiger partial charge in [0, 0.05) is 5.41 Å². The summed E-state index contributed by atoms with van der Waals surface area (Å²) in [5.74, 6) is 2.96. The minimum absolute atomic E-state index is 0.0526. The van der Waals surface area contributed by atoms with Crippen LogP contribution in [0.3, 0.4) is 0 Å². The lowest BCUT2D eigenvalue weighted by Gasteiger charge is -2.41. The fourth-order valence-corrected chi connectivity index (χ4v) is 2.73. The zero-order chi connectivity index (χ0) is 11.6. The lowest BCUT2D eigenvalue weighted by molar-refractivity contribution is 0.206. The first-order valence-electron chi connectivity index (χ1n) is 5.91. The topological polar surface area (TPSA) is 12.0 Å². The standard InChI is InChI=1S/C15H19N/c1-4-14(2,3)15(11-8-12-16-15)13-9-6-5-7-10-13/h1,5-7,9-10,16H,8,11-12H2,2-3H3. The fraction of sp³-hybridized carbons (Fsp3) is 0.467. The summed E-state index contributed by atoms with van der Waals surface area (Å²) in [7, 11) is 0. The highest BCUT2D eigenvalue weighted by molar-refractivity contribution is 5.32. The van der Waals surface area contributed by atoms with E-state index in [0.29, 0.717) is 0 Å². The molecule has 1 nitrogen and oxygen atoms in total. The van der Waals surface area contributed by atoms with Gasteiger partial charge >= 0.3 is 0 Å². The minimum atomic E-state index is -0.162. The quantitative estimate of drug-likeness (QED) is 0.745. The first-order valence-corrected chi connectivity index (χ1v) is 5.91. The first kappa shape index (κ1) is 11.2. The fourth-order valence-electron chi connectivity index (χ4n) is 2.73. The van der Waals surface area contributed by atoms with E-state index in [1.807, 2.05) is 0 Å². The molecule has 0 radical (unpaired) electrons. The van der Waals surface area contributed by atoms with Crippen LogP contribution >= 0.6 is 0 Å². The van der Waals surface area contributed by atoms with Crippen LogP contribution in [0.1, 0.15) is 32.3 Å². The average Bonchev–Trinajstić information content (AvgIpc) is 2.81. The molecule has 0 aliphatic carbocycles. The van der Waals surface area contributed by atoms with Gasteiger partial charge < -0.3 is 5.32 Å². The van der Waals surface area contributed by atoms with E-state index < -0.39 is 0 Å². The Balaban J connectivity index is 2.50. The number of nitrogens with one attached hydrogen (secondary N) is 1. The van der Waals surface area contributed by atoms with Gasteiger partial charge in [-0.3, -0.25) is 0 Å². The predicted molar refractivity (Wildman–Crippen MR) is 68.0 cm³/mol. The second-order valence-electron chi connectivity index (χ2n) is 5.07. The number of hydrogen-bond acceptors (Lipinski definition) is 1. The van der Waals surface area contributed by atoms with Crippen molar-refractivity contribution >= 4 is 0 Å². The van der Waals surface area contributed by atoms with Crippen LogP contribution in [0.5, 0.6) is 0 Å². The molecule has 0 saturated carbocycles. The van der Waals surface area contributed by atoms with Gasteiger partial charge in [0.05, 0.1) is 5.54 Å². The van der Waals surface area contributed by atoms with Crippen molar-refractivity contribution in [2.75, 3.05) is 6.54 Å². The van der Waals surface area contributed by atoms with Crippen LogP contribution in [0.25, 0.3) is 0 Å². The van der Waals surface area contributed by atoms with Gasteiger partial charge in [-0.25, -0.2) is 0 Å². The van der Waals surface area contributed by atoms with Crippen molar-refractivity contribution in [1.29, 1.82) is 0 Å². The molecule has 1 fully saturated rings. The molecule has 0 bridgehead atoms. The normalized spacial score (nSPS) is 25.3. The van der Waals surface area contributed by atoms with Crippen molar-refractivity contribution in [3.63, 3.8) is 0 Å². The predicted octanol–water partition coefficient (Wildman–Crippen LogP) is 2.92. The minimum Gasteiger partial charge on any atom is -0.306 e. The lowest BCUT2D eigenvalue weighted by Crippen LogP contribution is -2.48. The van der Waals surface area contributed by atoms with Crippen LogP contribution < -0.4 is 5.32 Å². The average molecular weight is 213 g/mol. The van der Waals surface area contributed by atoms with Gasteiger partial charge in [0.15, 0.2) is 0 Å². The number of benzene rings is 1. The van der Waals surface area contributed by atoms with Gasteiger partial charge in [0.25, 0.3) is 0 Å². The Bertz CT molecular complexity index is 391. The summed E-state index contributed by atoms with van der Waals surface area (Å²) >= 11 is 0. The summed E-state index contributed by atoms with van der Waals surface area (Å²) in [6, 6.07) is 10.6. The molecule has 1 saturated heterocycles. The van der Waals surface area contributed by atoms with Crippen molar-refractivity contribution < 1.29 is 0 Å². The SMILES string of the molecule is C#CC(C)(C)C1(c2ccccc2)CCCN1. The van der Waals surface area contributed by atoms with Crippen LogP contribution in [-0.4, -0.2) is 6.54 Å². The summed E-state index contributed by atoms with van der Waals surface area (Å²) in [5, 5.41) is 3.64. The summed E-state index contributed by atoms with van der Waals surface area (Å²) in [5.41, 5.74) is 1.10. The maximum atomic E-state index is 5.72. The molecular weight excluding hydrogens is 194 g/mol. The Morgan fingerprint density at radius 1 is 1.31 bits per heavy atom. The molecule has 84 valence electrons. The van der Waals surface area contributed by atoms with E-state index >= 15 is 0 Å². The molecule has 1 heterocycles. The molecule has 16 heavy (non-hydrogen) atoms. The second kappa shape index (κ2) is 3.96. The van der Waals surface area contributed by atoms with E-state index in [0.717, 1.165) is 13.0 Å². The molecular formula is C15H19N. The van der Waals surface area contributed by atoms with Crippen molar-refractivity contribution in [2.24, 2.45) is 5.41 Å². The molecule has 1 atom stereocenters. The maximum Gasteiger partial charge on any atom is 0.0597 e. The summed E-state index contributed by atoms with van der Waals surface area (Å²) in [6.07, 6.45) is 8.03. The van der Waals surface area contributed by atoms with E-state index in [9.17, 15) is 0 Å². The third-order valence-corrected chi connectivity index (χ3v) is 3.85. The van der Waals surface area contributed by atoms with Crippen molar-refractivity contribution in [3.05, 3.63) is 35.9 Å². The molecule has 1 N–H and O–H groups in total. The Kier molecular flexibility index (Phi) is 2.78. The van der Waals surface area contributed by atoms with Crippen molar-refractivity contribution in [3.8, 4) is 12.3 Å². The zero-order valence-corrected chi connectivity index (χ0v) is 10.1. The van der Waals surface area contributed by atoms with Crippen LogP contribution in [-0.2, 0) is 5.54 Å². The van der Waals surface area contributed by atoms with Gasteiger partial charge in [-0.05, 0) is 38.8 Å². The second-order valence-corrected chi connectivity index (χ2v) is 5.07. The number of hydrogen-bond donors (Lipinski definition) is 1. The zero-order valence-electron chi connectivity index (χ0n) is 10.1. The first-order chi connectivity index (χ1) is 7.62. The van der Waals surface area contributed by atoms with Gasteiger partial charge in [0.1, 0.15) is 0 Å². The Morgan fingerprint density at radius 2 is 2.00 bits per heavy atom. The van der Waals surface area contributed by atoms with E-state index in [1.54, 1.807) is 0 Å². The highest BCUT2D eigenvalue weighted by Gasteiger charge is 2.46. The van der Waals surface area contributed by atoms with E-state index in [2.05, 4.69) is 55.4 Å². The summed E-state index contributed by atoms with van der Waals surface area (Å²) < 4.78 is 0. The van der Waals surface area contributed by atoms with Crippen LogP contribution in [0.15, 0.2) is 30.3 Å². The molecule has 0 amide bonds. The van der Waals surface area contributed by atoms with E-state index in [-0.39, 0.29) is 11.0 Å². The highest BCUT2D eigenvalue weighted by atomic mass is 15.0. The van der Waals surface area contributed by atoms with Gasteiger partial charge in [-0.2, -0.15) is 0 Å². The monoisotopic (exact) mass is 213 g/mol. The van der Waals surface area contributed by atoms with Crippen LogP contribution in [0.2, 0.25) is 0 Å². The molecule has 1 aliphatic heterocycles. The van der Waals surface area contributed by atoms with Crippen LogP contribution in [0.4, 0.5) is 0 Å². The smallest absolute Gasteiger partial charge is 0.0597 e. The molecule has 0 spiro atoms. The number of terminal acetylenes is 1. The maximum absolute atomic E-state index is 5.72. The van der Waals surface area contributed by atoms with E-state index in [1.165, 1.54) is 12.0 Å². The Labute approximate surface area is 98.3 Å². The lowest BCUT2D eigenvalue weighted by atomic mass is 9.68. The molecule has 1 aliphatic rings. The van der Waals surface area contributed by atoms with Crippen molar-refractivity contribution in [1.82, 2.24) is 5.32 Å². The molecule has 1 unspecified atom stereocenters. The number of rotatable bonds is 2. The Hall–Kier alpha value is -1.26. The molecule has 2 rings (SSSR count). The highest BCUT2D eigenvalue weighted by Crippen LogP contribution is 2.45. The molecule has 1 aromatic carbocycles. The molecule has 0 aromatic heterocycles. The largest absolute Gasteiger partial charge is 0.306 e. The Morgan fingerprint density at radius 3 is 2.50 bits per heavy atom. The summed E-state index contributed by atoms with van der Waals surface area (Å²) in [6.45, 7) is 5.36. The third kappa shape index (κ3) is 1.54. The van der Waals surface area contributed by atoms with E-state index in [4.69, 9.17) is 6.42 Å². The van der Waals surface area contributed by atoms with Crippen molar-refractivity contribution in [2.45, 2.75) is 32.2 Å². The molecule has 1 aromatic rings. The van der Waals surface area contributed by atoms with Crippen LogP contribution in [0, 0.1) is 17.8 Å². The van der Waals surface area contributed by atoms with Gasteiger partial charge in [-0.1, -0.05) is 36.3 Å². The molecule has 1 heteroatoms. The summed E-state index contributed by atoms with van der Waals surface area (Å²) in [4.78, 5) is 0. The van der Waals surface area contributed by atoms with Gasteiger partial charge in [0.2, 0.25) is 0 Å². The third-order valence-electron chi connectivity index (χ3n) is 3.85.